The van der Waals surface area contributed by atoms with E-state index in [0.29, 0.717) is 29.8 Å². The lowest BCUT2D eigenvalue weighted by atomic mass is 9.97. The van der Waals surface area contributed by atoms with Crippen LogP contribution in [-0.4, -0.2) is 52.2 Å². The largest absolute Gasteiger partial charge is 0.477 e. The predicted octanol–water partition coefficient (Wildman–Crippen LogP) is 2.47. The Kier molecular flexibility index (Phi) is 9.34. The zero-order valence-electron chi connectivity index (χ0n) is 19.7. The fourth-order valence-electron chi connectivity index (χ4n) is 3.62. The molecule has 0 saturated carbocycles. The molecular formula is C24H30N8O2S. The third kappa shape index (κ3) is 7.11. The van der Waals surface area contributed by atoms with Gasteiger partial charge in [0.2, 0.25) is 5.88 Å². The number of nitrogens with zero attached hydrogens (tertiary/aromatic N) is 5. The second-order valence-electron chi connectivity index (χ2n) is 7.99. The van der Waals surface area contributed by atoms with Gasteiger partial charge in [0.1, 0.15) is 22.3 Å². The summed E-state index contributed by atoms with van der Waals surface area (Å²) < 4.78 is 5.37. The zero-order valence-corrected chi connectivity index (χ0v) is 20.6. The van der Waals surface area contributed by atoms with Crippen LogP contribution in [0, 0.1) is 17.2 Å². The number of amides is 1. The summed E-state index contributed by atoms with van der Waals surface area (Å²) >= 11 is 1.49. The summed E-state index contributed by atoms with van der Waals surface area (Å²) in [6, 6.07) is 3.38. The van der Waals surface area contributed by atoms with E-state index in [4.69, 9.17) is 16.2 Å². The Morgan fingerprint density at radius 3 is 2.86 bits per heavy atom. The molecule has 1 aliphatic heterocycles. The fraction of sp³-hybridized carbons (Fsp3) is 0.375. The van der Waals surface area contributed by atoms with E-state index in [1.165, 1.54) is 17.4 Å². The summed E-state index contributed by atoms with van der Waals surface area (Å²) in [6.45, 7) is 8.79. The predicted molar refractivity (Wildman–Crippen MR) is 136 cm³/mol. The topological polar surface area (TPSA) is 156 Å². The molecule has 0 aliphatic carbocycles. The van der Waals surface area contributed by atoms with Crippen LogP contribution >= 0.6 is 11.3 Å². The van der Waals surface area contributed by atoms with Gasteiger partial charge < -0.3 is 21.5 Å². The van der Waals surface area contributed by atoms with E-state index in [2.05, 4.69) is 32.0 Å². The second kappa shape index (κ2) is 12.6. The van der Waals surface area contributed by atoms with Gasteiger partial charge in [-0.2, -0.15) is 5.26 Å². The molecule has 10 nitrogen and oxygen atoms in total. The minimum atomic E-state index is -0.334. The van der Waals surface area contributed by atoms with Crippen molar-refractivity contribution in [3.8, 4) is 11.9 Å². The Morgan fingerprint density at radius 1 is 1.40 bits per heavy atom. The first-order valence-electron chi connectivity index (χ1n) is 11.4. The smallest absolute Gasteiger partial charge is 0.270 e. The highest BCUT2D eigenvalue weighted by molar-refractivity contribution is 7.12. The van der Waals surface area contributed by atoms with Gasteiger partial charge in [0, 0.05) is 6.54 Å². The minimum absolute atomic E-state index is 0.0822. The Morgan fingerprint density at radius 2 is 2.17 bits per heavy atom. The van der Waals surface area contributed by atoms with Crippen LogP contribution in [-0.2, 0) is 6.54 Å². The van der Waals surface area contributed by atoms with Crippen molar-refractivity contribution in [1.82, 2.24) is 25.4 Å². The number of carbonyl (C=O) groups is 1. The average Bonchev–Trinajstić information content (AvgIpc) is 3.32. The number of ether oxygens (including phenoxy) is 1. The average molecular weight is 495 g/mol. The summed E-state index contributed by atoms with van der Waals surface area (Å²) in [5.41, 5.74) is 13.0. The molecule has 0 radical (unpaired) electrons. The Bertz CT molecular complexity index is 1140. The number of aromatic nitrogens is 3. The number of allylic oxidation sites excluding steroid dienone is 4. The van der Waals surface area contributed by atoms with Gasteiger partial charge in [-0.3, -0.25) is 9.69 Å². The molecule has 1 amide bonds. The molecule has 2 aromatic heterocycles. The lowest BCUT2D eigenvalue weighted by Gasteiger charge is -2.31. The number of anilines is 1. The van der Waals surface area contributed by atoms with Gasteiger partial charge >= 0.3 is 0 Å². The summed E-state index contributed by atoms with van der Waals surface area (Å²) in [4.78, 5) is 19.1. The SMILES string of the molecule is C=C/C=C\C=C(/N)c1nnc(CN2CCC(CNC(=O)c3cc(N)c(C#N)c(OCC)n3)CC2)s1. The van der Waals surface area contributed by atoms with Crippen molar-refractivity contribution in [1.29, 1.82) is 5.26 Å². The number of nitrogens with two attached hydrogens (primary N) is 2. The highest BCUT2D eigenvalue weighted by Crippen LogP contribution is 2.24. The van der Waals surface area contributed by atoms with Crippen molar-refractivity contribution in [2.24, 2.45) is 11.7 Å². The number of nitrogens with one attached hydrogen (secondary N) is 1. The number of piperidine rings is 1. The first-order chi connectivity index (χ1) is 16.9. The van der Waals surface area contributed by atoms with Crippen molar-refractivity contribution in [3.63, 3.8) is 0 Å². The maximum atomic E-state index is 12.6. The van der Waals surface area contributed by atoms with Gasteiger partial charge in [-0.05, 0) is 50.9 Å². The maximum absolute atomic E-state index is 12.6. The number of rotatable bonds is 10. The van der Waals surface area contributed by atoms with Crippen LogP contribution in [0.2, 0.25) is 0 Å². The van der Waals surface area contributed by atoms with Crippen molar-refractivity contribution in [2.45, 2.75) is 26.3 Å². The van der Waals surface area contributed by atoms with Crippen LogP contribution in [0.5, 0.6) is 5.88 Å². The molecule has 1 fully saturated rings. The van der Waals surface area contributed by atoms with Crippen LogP contribution in [0.15, 0.2) is 36.9 Å². The van der Waals surface area contributed by atoms with Crippen LogP contribution < -0.4 is 21.5 Å². The zero-order chi connectivity index (χ0) is 25.2. The van der Waals surface area contributed by atoms with Crippen LogP contribution in [0.1, 0.15) is 45.8 Å². The van der Waals surface area contributed by atoms with Crippen molar-refractivity contribution in [2.75, 3.05) is 32.0 Å². The van der Waals surface area contributed by atoms with Crippen LogP contribution in [0.3, 0.4) is 0 Å². The highest BCUT2D eigenvalue weighted by Gasteiger charge is 2.22. The molecule has 1 saturated heterocycles. The van der Waals surface area contributed by atoms with E-state index in [0.717, 1.165) is 37.5 Å². The third-order valence-corrected chi connectivity index (χ3v) is 6.45. The summed E-state index contributed by atoms with van der Waals surface area (Å²) in [7, 11) is 0. The molecule has 0 aromatic carbocycles. The fourth-order valence-corrected chi connectivity index (χ4v) is 4.44. The molecule has 184 valence electrons. The van der Waals surface area contributed by atoms with Crippen molar-refractivity contribution < 1.29 is 9.53 Å². The Labute approximate surface area is 209 Å². The molecule has 0 atom stereocenters. The number of nitrogen functional groups attached to an aromatic ring is 1. The molecular weight excluding hydrogens is 464 g/mol. The van der Waals surface area contributed by atoms with E-state index in [-0.39, 0.29) is 28.7 Å². The number of pyridine rings is 1. The molecule has 1 aliphatic rings. The van der Waals surface area contributed by atoms with Crippen molar-refractivity contribution in [3.05, 3.63) is 58.2 Å². The highest BCUT2D eigenvalue weighted by atomic mass is 32.1. The quantitative estimate of drug-likeness (QED) is 0.422. The molecule has 0 unspecified atom stereocenters. The summed E-state index contributed by atoms with van der Waals surface area (Å²) in [5.74, 6) is 0.107. The van der Waals surface area contributed by atoms with Crippen molar-refractivity contribution >= 4 is 28.6 Å². The number of nitriles is 1. The maximum Gasteiger partial charge on any atom is 0.270 e. The third-order valence-electron chi connectivity index (χ3n) is 5.50. The van der Waals surface area contributed by atoms with Gasteiger partial charge in [-0.15, -0.1) is 10.2 Å². The first-order valence-corrected chi connectivity index (χ1v) is 12.2. The normalized spacial score (nSPS) is 15.1. The Balaban J connectivity index is 1.48. The minimum Gasteiger partial charge on any atom is -0.477 e. The molecule has 3 heterocycles. The number of carbonyl (C=O) groups excluding carboxylic acids is 1. The monoisotopic (exact) mass is 494 g/mol. The molecule has 5 N–H and O–H groups in total. The summed E-state index contributed by atoms with van der Waals surface area (Å²) in [6.07, 6.45) is 8.99. The Hall–Kier alpha value is -3.75. The van der Waals surface area contributed by atoms with Gasteiger partial charge in [-0.25, -0.2) is 4.98 Å². The summed E-state index contributed by atoms with van der Waals surface area (Å²) in [5, 5.41) is 22.3. The first kappa shape index (κ1) is 25.9. The van der Waals surface area contributed by atoms with E-state index in [1.807, 2.05) is 12.1 Å². The van der Waals surface area contributed by atoms with Crippen LogP contribution in [0.25, 0.3) is 5.70 Å². The van der Waals surface area contributed by atoms with Gasteiger partial charge in [0.15, 0.2) is 5.01 Å². The van der Waals surface area contributed by atoms with E-state index < -0.39 is 0 Å². The number of likely N-dealkylation sites (tertiary alicyclic amines) is 1. The number of hydrogen-bond donors (Lipinski definition) is 3. The molecule has 0 spiro atoms. The molecule has 0 bridgehead atoms. The van der Waals surface area contributed by atoms with Crippen LogP contribution in [0.4, 0.5) is 5.69 Å². The molecule has 11 heteroatoms. The van der Waals surface area contributed by atoms with E-state index >= 15 is 0 Å². The molecule has 2 aromatic rings. The van der Waals surface area contributed by atoms with Gasteiger partial charge in [0.25, 0.3) is 5.91 Å². The van der Waals surface area contributed by atoms with Gasteiger partial charge in [0.05, 0.1) is 24.5 Å². The number of hydrogen-bond acceptors (Lipinski definition) is 10. The molecule has 35 heavy (non-hydrogen) atoms. The van der Waals surface area contributed by atoms with E-state index in [9.17, 15) is 10.1 Å². The molecule has 3 rings (SSSR count). The standard InChI is InChI=1S/C24H30N8O2S/c1-3-5-6-7-18(26)24-31-30-21(35-24)15-32-10-8-16(9-11-32)14-28-22(33)20-12-19(27)17(13-25)23(29-20)34-4-2/h3,5-7,12,16H,1,4,8-11,14-15,26H2,2H3,(H2,27,29)(H,28,33)/b6-5-,18-7-. The lowest BCUT2D eigenvalue weighted by molar-refractivity contribution is 0.0929. The van der Waals surface area contributed by atoms with Gasteiger partial charge in [-0.1, -0.05) is 36.1 Å². The lowest BCUT2D eigenvalue weighted by Crippen LogP contribution is -2.38. The van der Waals surface area contributed by atoms with E-state index in [1.54, 1.807) is 25.2 Å². The second-order valence-corrected chi connectivity index (χ2v) is 9.06.